The highest BCUT2D eigenvalue weighted by Crippen LogP contribution is 2.23. The number of nitrogens with two attached hydrogens (primary N) is 1. The predicted molar refractivity (Wildman–Crippen MR) is 102 cm³/mol. The third-order valence-electron chi connectivity index (χ3n) is 6.60. The molecule has 2 saturated heterocycles. The third-order valence-corrected chi connectivity index (χ3v) is 6.60. The molecule has 5 nitrogen and oxygen atoms in total. The van der Waals surface area contributed by atoms with E-state index < -0.39 is 0 Å². The zero-order chi connectivity index (χ0) is 17.6. The van der Waals surface area contributed by atoms with Crippen LogP contribution >= 0.6 is 0 Å². The van der Waals surface area contributed by atoms with E-state index >= 15 is 0 Å². The highest BCUT2D eigenvalue weighted by atomic mass is 16.2. The molecule has 2 atom stereocenters. The van der Waals surface area contributed by atoms with Gasteiger partial charge in [-0.3, -0.25) is 4.79 Å². The van der Waals surface area contributed by atoms with Crippen molar-refractivity contribution in [3.63, 3.8) is 0 Å². The van der Waals surface area contributed by atoms with Crippen molar-refractivity contribution in [2.75, 3.05) is 26.2 Å². The van der Waals surface area contributed by atoms with Crippen LogP contribution in [0.4, 0.5) is 0 Å². The Labute approximate surface area is 153 Å². The van der Waals surface area contributed by atoms with Crippen molar-refractivity contribution in [1.82, 2.24) is 15.1 Å². The number of nitrogens with zero attached hydrogens (tertiary/aromatic N) is 2. The van der Waals surface area contributed by atoms with Gasteiger partial charge in [0.05, 0.1) is 0 Å². The smallest absolute Gasteiger partial charge is 0.222 e. The van der Waals surface area contributed by atoms with Gasteiger partial charge in [-0.1, -0.05) is 19.8 Å². The first-order valence-electron chi connectivity index (χ1n) is 10.7. The molecular weight excluding hydrogens is 312 g/mol. The molecule has 5 heteroatoms. The quantitative estimate of drug-likeness (QED) is 0.797. The Morgan fingerprint density at radius 3 is 2.32 bits per heavy atom. The molecule has 0 aromatic heterocycles. The van der Waals surface area contributed by atoms with Crippen LogP contribution < -0.4 is 11.1 Å². The van der Waals surface area contributed by atoms with E-state index in [0.29, 0.717) is 36.5 Å². The van der Waals surface area contributed by atoms with E-state index in [-0.39, 0.29) is 0 Å². The summed E-state index contributed by atoms with van der Waals surface area (Å²) in [5.41, 5.74) is 6.29. The molecule has 1 aliphatic carbocycles. The maximum Gasteiger partial charge on any atom is 0.222 e. The zero-order valence-corrected chi connectivity index (χ0v) is 16.1. The highest BCUT2D eigenvalue weighted by molar-refractivity contribution is 5.76. The van der Waals surface area contributed by atoms with Gasteiger partial charge in [-0.2, -0.15) is 0 Å². The lowest BCUT2D eigenvalue weighted by molar-refractivity contribution is -0.132. The van der Waals surface area contributed by atoms with Gasteiger partial charge in [0, 0.05) is 43.7 Å². The highest BCUT2D eigenvalue weighted by Gasteiger charge is 2.31. The first-order valence-corrected chi connectivity index (χ1v) is 10.7. The standard InChI is InChI=1S/C20H38N4O/c1-2-5-20(25)24-14-10-17(11-15-24)23-12-8-16(9-13-23)22-19-7-4-3-6-18(19)21/h16-19,22H,2-15,21H2,1H3/t18-,19-/m1/s1. The Balaban J connectivity index is 1.37. The van der Waals surface area contributed by atoms with Crippen LogP contribution in [0.2, 0.25) is 0 Å². The van der Waals surface area contributed by atoms with Gasteiger partial charge in [0.25, 0.3) is 0 Å². The number of carbonyl (C=O) groups is 1. The normalized spacial score (nSPS) is 30.6. The van der Waals surface area contributed by atoms with Crippen LogP contribution in [0.3, 0.4) is 0 Å². The molecule has 1 amide bonds. The van der Waals surface area contributed by atoms with Crippen LogP contribution in [-0.4, -0.2) is 66.1 Å². The lowest BCUT2D eigenvalue weighted by atomic mass is 9.89. The first kappa shape index (κ1) is 19.1. The number of hydrogen-bond acceptors (Lipinski definition) is 4. The topological polar surface area (TPSA) is 61.6 Å². The molecule has 25 heavy (non-hydrogen) atoms. The van der Waals surface area contributed by atoms with Gasteiger partial charge in [0.2, 0.25) is 5.91 Å². The maximum atomic E-state index is 12.0. The number of nitrogens with one attached hydrogen (secondary N) is 1. The summed E-state index contributed by atoms with van der Waals surface area (Å²) in [6.07, 6.45) is 11.6. The van der Waals surface area contributed by atoms with Crippen molar-refractivity contribution in [2.45, 2.75) is 95.3 Å². The molecule has 3 fully saturated rings. The van der Waals surface area contributed by atoms with Crippen molar-refractivity contribution in [1.29, 1.82) is 0 Å². The van der Waals surface area contributed by atoms with E-state index in [9.17, 15) is 4.79 Å². The van der Waals surface area contributed by atoms with Gasteiger partial charge in [-0.25, -0.2) is 0 Å². The molecule has 0 bridgehead atoms. The number of carbonyl (C=O) groups excluding carboxylic acids is 1. The Kier molecular flexibility index (Phi) is 7.14. The Morgan fingerprint density at radius 1 is 1.00 bits per heavy atom. The molecule has 3 rings (SSSR count). The minimum Gasteiger partial charge on any atom is -0.343 e. The summed E-state index contributed by atoms with van der Waals surface area (Å²) in [5, 5.41) is 3.86. The molecule has 0 unspecified atom stereocenters. The average molecular weight is 351 g/mol. The Hall–Kier alpha value is -0.650. The number of amides is 1. The van der Waals surface area contributed by atoms with Crippen LogP contribution in [0.15, 0.2) is 0 Å². The van der Waals surface area contributed by atoms with Gasteiger partial charge in [-0.15, -0.1) is 0 Å². The number of piperidine rings is 2. The monoisotopic (exact) mass is 350 g/mol. The lowest BCUT2D eigenvalue weighted by Crippen LogP contribution is -2.55. The fraction of sp³-hybridized carbons (Fsp3) is 0.950. The second-order valence-electron chi connectivity index (χ2n) is 8.39. The fourth-order valence-corrected chi connectivity index (χ4v) is 4.95. The van der Waals surface area contributed by atoms with Gasteiger partial charge in [0.1, 0.15) is 0 Å². The molecular formula is C20H38N4O. The molecule has 3 N–H and O–H groups in total. The number of rotatable bonds is 5. The SMILES string of the molecule is CCCC(=O)N1CCC(N2CCC(N[C@@H]3CCCC[C@H]3N)CC2)CC1. The zero-order valence-electron chi connectivity index (χ0n) is 16.1. The first-order chi connectivity index (χ1) is 12.2. The Bertz CT molecular complexity index is 414. The van der Waals surface area contributed by atoms with E-state index in [4.69, 9.17) is 5.73 Å². The summed E-state index contributed by atoms with van der Waals surface area (Å²) in [6.45, 7) is 6.40. The molecule has 3 aliphatic rings. The third kappa shape index (κ3) is 5.18. The summed E-state index contributed by atoms with van der Waals surface area (Å²) in [5.74, 6) is 0.354. The van der Waals surface area contributed by atoms with Crippen molar-refractivity contribution in [3.05, 3.63) is 0 Å². The largest absolute Gasteiger partial charge is 0.343 e. The fourth-order valence-electron chi connectivity index (χ4n) is 4.95. The van der Waals surface area contributed by atoms with Gasteiger partial charge in [0.15, 0.2) is 0 Å². The minimum atomic E-state index is 0.354. The molecule has 144 valence electrons. The summed E-state index contributed by atoms with van der Waals surface area (Å²) in [4.78, 5) is 16.8. The van der Waals surface area contributed by atoms with Crippen LogP contribution in [-0.2, 0) is 4.79 Å². The summed E-state index contributed by atoms with van der Waals surface area (Å²) in [6, 6.07) is 2.23. The second kappa shape index (κ2) is 9.33. The van der Waals surface area contributed by atoms with E-state index in [1.807, 2.05) is 0 Å². The maximum absolute atomic E-state index is 12.0. The summed E-state index contributed by atoms with van der Waals surface area (Å²) in [7, 11) is 0. The minimum absolute atomic E-state index is 0.354. The molecule has 2 heterocycles. The van der Waals surface area contributed by atoms with Gasteiger partial charge < -0.3 is 20.9 Å². The molecule has 0 aromatic rings. The van der Waals surface area contributed by atoms with Crippen LogP contribution in [0, 0.1) is 0 Å². The predicted octanol–water partition coefficient (Wildman–Crippen LogP) is 2.10. The van der Waals surface area contributed by atoms with E-state index in [2.05, 4.69) is 22.0 Å². The average Bonchev–Trinajstić information content (AvgIpc) is 2.65. The van der Waals surface area contributed by atoms with E-state index in [1.54, 1.807) is 0 Å². The number of hydrogen-bond donors (Lipinski definition) is 2. The molecule has 1 saturated carbocycles. The van der Waals surface area contributed by atoms with Crippen molar-refractivity contribution < 1.29 is 4.79 Å². The van der Waals surface area contributed by atoms with Crippen molar-refractivity contribution in [3.8, 4) is 0 Å². The van der Waals surface area contributed by atoms with Crippen molar-refractivity contribution >= 4 is 5.91 Å². The van der Waals surface area contributed by atoms with E-state index in [0.717, 1.165) is 32.4 Å². The van der Waals surface area contributed by atoms with Crippen LogP contribution in [0.1, 0.15) is 71.1 Å². The lowest BCUT2D eigenvalue weighted by Gasteiger charge is -2.43. The molecule has 0 radical (unpaired) electrons. The Morgan fingerprint density at radius 2 is 1.68 bits per heavy atom. The van der Waals surface area contributed by atoms with E-state index in [1.165, 1.54) is 51.6 Å². The molecule has 0 aromatic carbocycles. The van der Waals surface area contributed by atoms with Gasteiger partial charge in [-0.05, 0) is 58.0 Å². The van der Waals surface area contributed by atoms with Gasteiger partial charge >= 0.3 is 0 Å². The van der Waals surface area contributed by atoms with Crippen molar-refractivity contribution in [2.24, 2.45) is 5.73 Å². The molecule has 0 spiro atoms. The second-order valence-corrected chi connectivity index (χ2v) is 8.39. The summed E-state index contributed by atoms with van der Waals surface area (Å²) >= 11 is 0. The van der Waals surface area contributed by atoms with Crippen LogP contribution in [0.5, 0.6) is 0 Å². The van der Waals surface area contributed by atoms with Crippen LogP contribution in [0.25, 0.3) is 0 Å². The number of likely N-dealkylation sites (tertiary alicyclic amines) is 2. The molecule has 2 aliphatic heterocycles. The summed E-state index contributed by atoms with van der Waals surface area (Å²) < 4.78 is 0.